The molecule has 23 heavy (non-hydrogen) atoms. The second kappa shape index (κ2) is 6.75. The maximum atomic E-state index is 6.13. The smallest absolute Gasteiger partial charge is 0.137 e. The summed E-state index contributed by atoms with van der Waals surface area (Å²) in [7, 11) is 0. The van der Waals surface area contributed by atoms with Crippen LogP contribution in [0, 0.1) is 11.8 Å². The van der Waals surface area contributed by atoms with E-state index in [9.17, 15) is 0 Å². The van der Waals surface area contributed by atoms with Crippen molar-refractivity contribution in [3.05, 3.63) is 24.5 Å². The third kappa shape index (κ3) is 3.37. The number of hydrogen-bond donors (Lipinski definition) is 0. The normalized spacial score (nSPS) is 27.9. The maximum Gasteiger partial charge on any atom is 0.137 e. The molecule has 0 amide bonds. The van der Waals surface area contributed by atoms with Gasteiger partial charge in [0.2, 0.25) is 0 Å². The summed E-state index contributed by atoms with van der Waals surface area (Å²) in [5, 5.41) is 0. The maximum absolute atomic E-state index is 6.13. The lowest BCUT2D eigenvalue weighted by molar-refractivity contribution is -0.143. The van der Waals surface area contributed by atoms with Crippen LogP contribution in [-0.4, -0.2) is 61.5 Å². The molecule has 3 aliphatic rings. The van der Waals surface area contributed by atoms with Gasteiger partial charge in [-0.2, -0.15) is 0 Å². The van der Waals surface area contributed by atoms with E-state index in [1.54, 1.807) is 12.4 Å². The predicted molar refractivity (Wildman–Crippen MR) is 86.5 cm³/mol. The summed E-state index contributed by atoms with van der Waals surface area (Å²) in [6.07, 6.45) is 7.06. The first-order chi connectivity index (χ1) is 11.3. The van der Waals surface area contributed by atoms with Crippen LogP contribution in [-0.2, 0) is 9.47 Å². The fraction of sp³-hybridized carbons (Fsp3) is 0.722. The highest BCUT2D eigenvalue weighted by molar-refractivity contribution is 5.16. The molecular formula is C18H26N2O3. The number of aromatic nitrogens is 1. The van der Waals surface area contributed by atoms with Crippen LogP contribution in [0.25, 0.3) is 0 Å². The van der Waals surface area contributed by atoms with Crippen molar-refractivity contribution in [3.63, 3.8) is 0 Å². The molecule has 3 aliphatic heterocycles. The van der Waals surface area contributed by atoms with Crippen molar-refractivity contribution in [2.75, 3.05) is 46.1 Å². The predicted octanol–water partition coefficient (Wildman–Crippen LogP) is 1.98. The number of rotatable bonds is 5. The van der Waals surface area contributed by atoms with E-state index in [1.807, 2.05) is 12.1 Å². The summed E-state index contributed by atoms with van der Waals surface area (Å²) < 4.78 is 17.5. The van der Waals surface area contributed by atoms with Crippen LogP contribution in [0.1, 0.15) is 19.3 Å². The zero-order valence-corrected chi connectivity index (χ0v) is 13.7. The van der Waals surface area contributed by atoms with Crippen LogP contribution in [0.2, 0.25) is 0 Å². The van der Waals surface area contributed by atoms with E-state index < -0.39 is 0 Å². The molecule has 0 aliphatic carbocycles. The van der Waals surface area contributed by atoms with E-state index in [0.717, 1.165) is 57.6 Å². The van der Waals surface area contributed by atoms with Gasteiger partial charge in [-0.1, -0.05) is 0 Å². The molecule has 3 fully saturated rings. The topological polar surface area (TPSA) is 43.8 Å². The van der Waals surface area contributed by atoms with Crippen LogP contribution in [0.15, 0.2) is 24.5 Å². The van der Waals surface area contributed by atoms with Crippen molar-refractivity contribution < 1.29 is 14.2 Å². The standard InChI is InChI=1S/C18H26N2O3/c1-2-17(10-19-6-1)22-12-16-5-9-23-18(16)13-20(14-18)11-15-3-7-21-8-4-15/h1-2,6,10,15-16H,3-5,7-9,11-14H2/t16-/m0/s1. The molecule has 1 spiro atoms. The zero-order valence-electron chi connectivity index (χ0n) is 13.7. The zero-order chi connectivity index (χ0) is 15.5. The monoisotopic (exact) mass is 318 g/mol. The van der Waals surface area contributed by atoms with Gasteiger partial charge in [0, 0.05) is 51.6 Å². The second-order valence-corrected chi connectivity index (χ2v) is 7.12. The second-order valence-electron chi connectivity index (χ2n) is 7.12. The van der Waals surface area contributed by atoms with Gasteiger partial charge in [-0.05, 0) is 37.3 Å². The molecule has 1 aromatic heterocycles. The van der Waals surface area contributed by atoms with E-state index in [2.05, 4.69) is 9.88 Å². The van der Waals surface area contributed by atoms with Gasteiger partial charge in [0.15, 0.2) is 0 Å². The number of likely N-dealkylation sites (tertiary alicyclic amines) is 1. The Morgan fingerprint density at radius 1 is 1.22 bits per heavy atom. The third-order valence-corrected chi connectivity index (χ3v) is 5.53. The first-order valence-electron chi connectivity index (χ1n) is 8.81. The van der Waals surface area contributed by atoms with E-state index in [4.69, 9.17) is 14.2 Å². The van der Waals surface area contributed by atoms with Gasteiger partial charge < -0.3 is 14.2 Å². The Morgan fingerprint density at radius 3 is 2.87 bits per heavy atom. The highest BCUT2D eigenvalue weighted by Gasteiger charge is 2.53. The highest BCUT2D eigenvalue weighted by atomic mass is 16.5. The summed E-state index contributed by atoms with van der Waals surface area (Å²) >= 11 is 0. The molecule has 3 saturated heterocycles. The molecule has 1 aromatic rings. The number of hydrogen-bond acceptors (Lipinski definition) is 5. The quantitative estimate of drug-likeness (QED) is 0.830. The minimum absolute atomic E-state index is 0.0351. The Bertz CT molecular complexity index is 498. The third-order valence-electron chi connectivity index (χ3n) is 5.53. The van der Waals surface area contributed by atoms with Gasteiger partial charge in [0.05, 0.1) is 18.4 Å². The Balaban J connectivity index is 1.27. The van der Waals surface area contributed by atoms with Gasteiger partial charge >= 0.3 is 0 Å². The van der Waals surface area contributed by atoms with Gasteiger partial charge in [-0.15, -0.1) is 0 Å². The molecule has 126 valence electrons. The molecule has 5 nitrogen and oxygen atoms in total. The molecule has 1 atom stereocenters. The van der Waals surface area contributed by atoms with Crippen LogP contribution in [0.5, 0.6) is 5.75 Å². The summed E-state index contributed by atoms with van der Waals surface area (Å²) in [6, 6.07) is 3.88. The van der Waals surface area contributed by atoms with Crippen LogP contribution >= 0.6 is 0 Å². The molecule has 4 heterocycles. The first-order valence-corrected chi connectivity index (χ1v) is 8.81. The lowest BCUT2D eigenvalue weighted by Crippen LogP contribution is -2.66. The SMILES string of the molecule is c1cncc(OC[C@@H]2CCOC23CN(CC2CCOCC2)C3)c1. The average molecular weight is 318 g/mol. The molecule has 4 rings (SSSR count). The van der Waals surface area contributed by atoms with E-state index in [0.29, 0.717) is 5.92 Å². The van der Waals surface area contributed by atoms with Crippen LogP contribution in [0.3, 0.4) is 0 Å². The Labute approximate surface area is 137 Å². The van der Waals surface area contributed by atoms with Crippen LogP contribution in [0.4, 0.5) is 0 Å². The average Bonchev–Trinajstić information content (AvgIpc) is 2.98. The molecule has 0 saturated carbocycles. The fourth-order valence-corrected chi connectivity index (χ4v) is 4.13. The van der Waals surface area contributed by atoms with Crippen molar-refractivity contribution in [2.24, 2.45) is 11.8 Å². The molecule has 0 unspecified atom stereocenters. The van der Waals surface area contributed by atoms with Gasteiger partial charge in [0.25, 0.3) is 0 Å². The minimum atomic E-state index is 0.0351. The largest absolute Gasteiger partial charge is 0.492 e. The number of ether oxygens (including phenoxy) is 3. The summed E-state index contributed by atoms with van der Waals surface area (Å²) in [4.78, 5) is 6.66. The number of nitrogens with zero attached hydrogens (tertiary/aromatic N) is 2. The molecule has 0 aromatic carbocycles. The van der Waals surface area contributed by atoms with Gasteiger partial charge in [-0.3, -0.25) is 9.88 Å². The van der Waals surface area contributed by atoms with Crippen molar-refractivity contribution in [1.82, 2.24) is 9.88 Å². The highest BCUT2D eigenvalue weighted by Crippen LogP contribution is 2.40. The van der Waals surface area contributed by atoms with Crippen molar-refractivity contribution in [1.29, 1.82) is 0 Å². The summed E-state index contributed by atoms with van der Waals surface area (Å²) in [5.41, 5.74) is 0.0351. The van der Waals surface area contributed by atoms with Gasteiger partial charge in [-0.25, -0.2) is 0 Å². The lowest BCUT2D eigenvalue weighted by atomic mass is 9.80. The van der Waals surface area contributed by atoms with E-state index in [1.165, 1.54) is 19.4 Å². The Kier molecular flexibility index (Phi) is 4.51. The van der Waals surface area contributed by atoms with Gasteiger partial charge in [0.1, 0.15) is 5.75 Å². The minimum Gasteiger partial charge on any atom is -0.492 e. The lowest BCUT2D eigenvalue weighted by Gasteiger charge is -2.51. The van der Waals surface area contributed by atoms with Crippen LogP contribution < -0.4 is 4.74 Å². The Morgan fingerprint density at radius 2 is 2.09 bits per heavy atom. The number of pyridine rings is 1. The molecule has 0 bridgehead atoms. The summed E-state index contributed by atoms with van der Waals surface area (Å²) in [5.74, 6) is 2.15. The molecule has 0 radical (unpaired) electrons. The molecule has 0 N–H and O–H groups in total. The molecule has 5 heteroatoms. The molecular weight excluding hydrogens is 292 g/mol. The van der Waals surface area contributed by atoms with Crippen molar-refractivity contribution in [2.45, 2.75) is 24.9 Å². The van der Waals surface area contributed by atoms with E-state index >= 15 is 0 Å². The van der Waals surface area contributed by atoms with Crippen molar-refractivity contribution in [3.8, 4) is 5.75 Å². The first kappa shape index (κ1) is 15.4. The fourth-order valence-electron chi connectivity index (χ4n) is 4.13. The van der Waals surface area contributed by atoms with Crippen molar-refractivity contribution >= 4 is 0 Å². The van der Waals surface area contributed by atoms with E-state index in [-0.39, 0.29) is 5.60 Å². The Hall–Kier alpha value is -1.17. The summed E-state index contributed by atoms with van der Waals surface area (Å²) in [6.45, 7) is 6.79.